The van der Waals surface area contributed by atoms with Crippen LogP contribution in [-0.2, 0) is 0 Å². The molecule has 0 radical (unpaired) electrons. The molecule has 0 aliphatic rings. The van der Waals surface area contributed by atoms with Crippen LogP contribution in [0.5, 0.6) is 0 Å². The van der Waals surface area contributed by atoms with Gasteiger partial charge in [0.2, 0.25) is 0 Å². The standard InChI is InChI=1S/C24H50O2/c1-3-5-7-9-11-13-15-17-20-24(26,22-19-23-25)21-18-16-14-12-10-8-6-4-2/h25-26H,3-23H2,1-2H3. The second-order valence-electron chi connectivity index (χ2n) is 8.50. The third kappa shape index (κ3) is 17.3. The van der Waals surface area contributed by atoms with Crippen molar-refractivity contribution in [3.05, 3.63) is 0 Å². The molecule has 158 valence electrons. The van der Waals surface area contributed by atoms with Gasteiger partial charge in [0.1, 0.15) is 0 Å². The first-order chi connectivity index (χ1) is 12.7. The number of hydrogen-bond acceptors (Lipinski definition) is 2. The maximum Gasteiger partial charge on any atom is 0.0648 e. The van der Waals surface area contributed by atoms with E-state index < -0.39 is 5.60 Å². The summed E-state index contributed by atoms with van der Waals surface area (Å²) in [5, 5.41) is 20.1. The summed E-state index contributed by atoms with van der Waals surface area (Å²) < 4.78 is 0. The van der Waals surface area contributed by atoms with Gasteiger partial charge >= 0.3 is 0 Å². The van der Waals surface area contributed by atoms with Gasteiger partial charge in [0.25, 0.3) is 0 Å². The zero-order valence-corrected chi connectivity index (χ0v) is 18.2. The van der Waals surface area contributed by atoms with E-state index in [0.29, 0.717) is 0 Å². The predicted molar refractivity (Wildman–Crippen MR) is 116 cm³/mol. The second kappa shape index (κ2) is 19.7. The fraction of sp³-hybridized carbons (Fsp3) is 1.00. The molecule has 0 atom stereocenters. The Labute approximate surface area is 165 Å². The van der Waals surface area contributed by atoms with Gasteiger partial charge in [-0.2, -0.15) is 0 Å². The smallest absolute Gasteiger partial charge is 0.0648 e. The van der Waals surface area contributed by atoms with Crippen LogP contribution < -0.4 is 0 Å². The van der Waals surface area contributed by atoms with E-state index in [9.17, 15) is 5.11 Å². The van der Waals surface area contributed by atoms with Crippen LogP contribution in [0.25, 0.3) is 0 Å². The molecule has 0 aliphatic heterocycles. The minimum Gasteiger partial charge on any atom is -0.396 e. The Bertz CT molecular complexity index is 245. The van der Waals surface area contributed by atoms with Crippen LogP contribution in [0, 0.1) is 0 Å². The van der Waals surface area contributed by atoms with Gasteiger partial charge < -0.3 is 10.2 Å². The van der Waals surface area contributed by atoms with E-state index in [-0.39, 0.29) is 6.61 Å². The molecular weight excluding hydrogens is 320 g/mol. The van der Waals surface area contributed by atoms with Crippen molar-refractivity contribution in [3.8, 4) is 0 Å². The molecule has 0 unspecified atom stereocenters. The average molecular weight is 371 g/mol. The number of unbranched alkanes of at least 4 members (excludes halogenated alkanes) is 14. The normalized spacial score (nSPS) is 12.0. The first-order valence-corrected chi connectivity index (χ1v) is 12.0. The molecule has 2 heteroatoms. The van der Waals surface area contributed by atoms with Crippen molar-refractivity contribution in [2.45, 2.75) is 148 Å². The molecule has 0 spiro atoms. The minimum atomic E-state index is -0.521. The summed E-state index contributed by atoms with van der Waals surface area (Å²) in [7, 11) is 0. The lowest BCUT2D eigenvalue weighted by Crippen LogP contribution is -2.29. The average Bonchev–Trinajstić information content (AvgIpc) is 2.64. The van der Waals surface area contributed by atoms with Gasteiger partial charge in [-0.05, 0) is 25.7 Å². The summed E-state index contributed by atoms with van der Waals surface area (Å²) >= 11 is 0. The van der Waals surface area contributed by atoms with Crippen LogP contribution in [0.1, 0.15) is 142 Å². The van der Waals surface area contributed by atoms with Crippen LogP contribution in [0.15, 0.2) is 0 Å². The molecule has 0 amide bonds. The van der Waals surface area contributed by atoms with E-state index in [1.165, 1.54) is 89.9 Å². The molecule has 0 bridgehead atoms. The highest BCUT2D eigenvalue weighted by atomic mass is 16.3. The fourth-order valence-corrected chi connectivity index (χ4v) is 3.96. The second-order valence-corrected chi connectivity index (χ2v) is 8.50. The first-order valence-electron chi connectivity index (χ1n) is 12.0. The van der Waals surface area contributed by atoms with E-state index in [0.717, 1.165) is 38.5 Å². The van der Waals surface area contributed by atoms with Crippen LogP contribution in [0.3, 0.4) is 0 Å². The molecule has 0 aromatic carbocycles. The number of rotatable bonds is 21. The molecule has 26 heavy (non-hydrogen) atoms. The molecule has 0 aromatic rings. The lowest BCUT2D eigenvalue weighted by Gasteiger charge is -2.28. The lowest BCUT2D eigenvalue weighted by molar-refractivity contribution is 0.00392. The molecule has 2 N–H and O–H groups in total. The molecular formula is C24H50O2. The Hall–Kier alpha value is -0.0800. The third-order valence-electron chi connectivity index (χ3n) is 5.79. The molecule has 0 heterocycles. The zero-order chi connectivity index (χ0) is 19.3. The quantitative estimate of drug-likeness (QED) is 0.205. The van der Waals surface area contributed by atoms with Crippen molar-refractivity contribution in [1.29, 1.82) is 0 Å². The summed E-state index contributed by atoms with van der Waals surface area (Å²) in [6.45, 7) is 4.73. The Kier molecular flexibility index (Phi) is 19.6. The van der Waals surface area contributed by atoms with Gasteiger partial charge in [0.15, 0.2) is 0 Å². The Morgan fingerprint density at radius 2 is 0.769 bits per heavy atom. The summed E-state index contributed by atoms with van der Waals surface area (Å²) in [5.74, 6) is 0. The van der Waals surface area contributed by atoms with E-state index >= 15 is 0 Å². The van der Waals surface area contributed by atoms with E-state index in [2.05, 4.69) is 13.8 Å². The first kappa shape index (κ1) is 25.9. The van der Waals surface area contributed by atoms with Gasteiger partial charge in [-0.15, -0.1) is 0 Å². The third-order valence-corrected chi connectivity index (χ3v) is 5.79. The fourth-order valence-electron chi connectivity index (χ4n) is 3.96. The Morgan fingerprint density at radius 1 is 0.462 bits per heavy atom. The molecule has 0 saturated carbocycles. The molecule has 0 aromatic heterocycles. The van der Waals surface area contributed by atoms with Crippen molar-refractivity contribution in [2.75, 3.05) is 6.61 Å². The van der Waals surface area contributed by atoms with Crippen LogP contribution in [0.2, 0.25) is 0 Å². The highest BCUT2D eigenvalue weighted by molar-refractivity contribution is 4.78. The van der Waals surface area contributed by atoms with Gasteiger partial charge in [-0.1, -0.05) is 117 Å². The number of hydrogen-bond donors (Lipinski definition) is 2. The molecule has 0 aliphatic carbocycles. The predicted octanol–water partition coefficient (Wildman–Crippen LogP) is 7.55. The minimum absolute atomic E-state index is 0.206. The SMILES string of the molecule is CCCCCCCCCCC(O)(CCCO)CCCCCCCCCC. The van der Waals surface area contributed by atoms with Gasteiger partial charge in [0.05, 0.1) is 5.60 Å². The maximum absolute atomic E-state index is 11.0. The van der Waals surface area contributed by atoms with Crippen molar-refractivity contribution < 1.29 is 10.2 Å². The molecule has 0 rings (SSSR count). The lowest BCUT2D eigenvalue weighted by atomic mass is 9.86. The van der Waals surface area contributed by atoms with Crippen LogP contribution >= 0.6 is 0 Å². The van der Waals surface area contributed by atoms with Crippen molar-refractivity contribution in [3.63, 3.8) is 0 Å². The zero-order valence-electron chi connectivity index (χ0n) is 18.2. The highest BCUT2D eigenvalue weighted by Crippen LogP contribution is 2.28. The largest absolute Gasteiger partial charge is 0.396 e. The summed E-state index contributed by atoms with van der Waals surface area (Å²) in [6.07, 6.45) is 24.4. The maximum atomic E-state index is 11.0. The number of aliphatic hydroxyl groups excluding tert-OH is 1. The van der Waals surface area contributed by atoms with E-state index in [4.69, 9.17) is 5.11 Å². The van der Waals surface area contributed by atoms with E-state index in [1.54, 1.807) is 0 Å². The summed E-state index contributed by atoms with van der Waals surface area (Å²) in [5.41, 5.74) is -0.521. The highest BCUT2D eigenvalue weighted by Gasteiger charge is 2.25. The van der Waals surface area contributed by atoms with Crippen LogP contribution in [0.4, 0.5) is 0 Å². The van der Waals surface area contributed by atoms with E-state index in [1.807, 2.05) is 0 Å². The number of aliphatic hydroxyl groups is 2. The van der Waals surface area contributed by atoms with Gasteiger partial charge in [-0.3, -0.25) is 0 Å². The van der Waals surface area contributed by atoms with Crippen molar-refractivity contribution in [2.24, 2.45) is 0 Å². The molecule has 2 nitrogen and oxygen atoms in total. The topological polar surface area (TPSA) is 40.5 Å². The Morgan fingerprint density at radius 3 is 1.12 bits per heavy atom. The van der Waals surface area contributed by atoms with Gasteiger partial charge in [-0.25, -0.2) is 0 Å². The van der Waals surface area contributed by atoms with Crippen molar-refractivity contribution in [1.82, 2.24) is 0 Å². The van der Waals surface area contributed by atoms with Gasteiger partial charge in [0, 0.05) is 6.61 Å². The summed E-state index contributed by atoms with van der Waals surface area (Å²) in [4.78, 5) is 0. The summed E-state index contributed by atoms with van der Waals surface area (Å²) in [6, 6.07) is 0. The monoisotopic (exact) mass is 370 g/mol. The molecule has 0 saturated heterocycles. The Balaban J connectivity index is 3.78. The van der Waals surface area contributed by atoms with Crippen molar-refractivity contribution >= 4 is 0 Å². The molecule has 0 fully saturated rings. The van der Waals surface area contributed by atoms with Crippen LogP contribution in [-0.4, -0.2) is 22.4 Å².